The first kappa shape index (κ1) is 23.3. The molecule has 0 bridgehead atoms. The van der Waals surface area contributed by atoms with E-state index < -0.39 is 0 Å². The molecule has 1 aliphatic carbocycles. The van der Waals surface area contributed by atoms with Crippen LogP contribution in [-0.2, 0) is 10.3 Å². The lowest BCUT2D eigenvalue weighted by molar-refractivity contribution is -0.124. The molecule has 5 nitrogen and oxygen atoms in total. The third-order valence-electron chi connectivity index (χ3n) is 7.18. The van der Waals surface area contributed by atoms with Crippen LogP contribution in [0.2, 0.25) is 5.02 Å². The number of halogens is 1. The number of rotatable bonds is 4. The van der Waals surface area contributed by atoms with Crippen LogP contribution in [0.4, 0.5) is 0 Å². The van der Waals surface area contributed by atoms with Crippen molar-refractivity contribution in [2.45, 2.75) is 96.3 Å². The lowest BCUT2D eigenvalue weighted by Crippen LogP contribution is -2.47. The molecule has 2 heterocycles. The summed E-state index contributed by atoms with van der Waals surface area (Å²) in [5.74, 6) is 0.243. The summed E-state index contributed by atoms with van der Waals surface area (Å²) in [7, 11) is 0. The Hall–Kier alpha value is -1.85. The minimum Gasteiger partial charge on any atom is -0.352 e. The zero-order valence-corrected chi connectivity index (χ0v) is 20.7. The van der Waals surface area contributed by atoms with Crippen LogP contribution >= 0.6 is 11.6 Å². The summed E-state index contributed by atoms with van der Waals surface area (Å²) in [6.07, 6.45) is 7.23. The van der Waals surface area contributed by atoms with Crippen LogP contribution < -0.4 is 10.6 Å². The minimum absolute atomic E-state index is 0.0247. The van der Waals surface area contributed by atoms with Gasteiger partial charge >= 0.3 is 0 Å². The maximum Gasteiger partial charge on any atom is 0.237 e. The molecule has 1 aromatic heterocycles. The molecular formula is C26H37ClN4O. The molecule has 1 saturated carbocycles. The smallest absolute Gasteiger partial charge is 0.237 e. The Morgan fingerprint density at radius 3 is 2.41 bits per heavy atom. The van der Waals surface area contributed by atoms with Gasteiger partial charge in [-0.05, 0) is 82.1 Å². The van der Waals surface area contributed by atoms with Crippen molar-refractivity contribution in [2.75, 3.05) is 0 Å². The quantitative estimate of drug-likeness (QED) is 0.632. The molecule has 2 aliphatic rings. The first-order valence-electron chi connectivity index (χ1n) is 11.9. The van der Waals surface area contributed by atoms with Crippen LogP contribution in [0.25, 0.3) is 0 Å². The maximum absolute atomic E-state index is 13.2. The summed E-state index contributed by atoms with van der Waals surface area (Å²) in [6, 6.07) is 10.1. The number of nitrogens with one attached hydrogen (secondary N) is 2. The predicted molar refractivity (Wildman–Crippen MR) is 130 cm³/mol. The van der Waals surface area contributed by atoms with E-state index in [1.807, 2.05) is 23.0 Å². The average Bonchev–Trinajstić information content (AvgIpc) is 3.37. The van der Waals surface area contributed by atoms with Gasteiger partial charge in [-0.1, -0.05) is 37.6 Å². The van der Waals surface area contributed by atoms with Crippen LogP contribution in [0.1, 0.15) is 89.9 Å². The zero-order chi connectivity index (χ0) is 23.1. The first-order valence-corrected chi connectivity index (χ1v) is 12.3. The van der Waals surface area contributed by atoms with Gasteiger partial charge in [0, 0.05) is 29.2 Å². The van der Waals surface area contributed by atoms with Crippen LogP contribution in [0, 0.1) is 5.41 Å². The summed E-state index contributed by atoms with van der Waals surface area (Å²) in [6.45, 7) is 11.1. The number of aromatic nitrogens is 2. The fraction of sp³-hybridized carbons (Fsp3) is 0.615. The predicted octanol–water partition coefficient (Wildman–Crippen LogP) is 5.56. The Bertz CT molecular complexity index is 933. The molecule has 2 fully saturated rings. The summed E-state index contributed by atoms with van der Waals surface area (Å²) in [4.78, 5) is 13.2. The van der Waals surface area contributed by atoms with Gasteiger partial charge in [-0.25, -0.2) is 0 Å². The van der Waals surface area contributed by atoms with Gasteiger partial charge in [0.25, 0.3) is 0 Å². The number of amides is 1. The van der Waals surface area contributed by atoms with Gasteiger partial charge < -0.3 is 5.32 Å². The Balaban J connectivity index is 1.52. The number of benzene rings is 1. The molecule has 1 aliphatic heterocycles. The van der Waals surface area contributed by atoms with E-state index in [9.17, 15) is 4.79 Å². The van der Waals surface area contributed by atoms with Crippen LogP contribution in [0.3, 0.4) is 0 Å². The molecule has 4 rings (SSSR count). The van der Waals surface area contributed by atoms with Crippen molar-refractivity contribution in [1.29, 1.82) is 0 Å². The number of nitrogens with zero attached hydrogens (tertiary/aromatic N) is 2. The Kier molecular flexibility index (Phi) is 6.43. The lowest BCUT2D eigenvalue weighted by atomic mass is 9.75. The minimum atomic E-state index is -0.226. The van der Waals surface area contributed by atoms with Crippen molar-refractivity contribution in [2.24, 2.45) is 5.41 Å². The Morgan fingerprint density at radius 2 is 1.81 bits per heavy atom. The van der Waals surface area contributed by atoms with Gasteiger partial charge in [-0.2, -0.15) is 5.10 Å². The van der Waals surface area contributed by atoms with Crippen molar-refractivity contribution < 1.29 is 4.79 Å². The molecule has 1 amide bonds. The Morgan fingerprint density at radius 1 is 1.16 bits per heavy atom. The van der Waals surface area contributed by atoms with Gasteiger partial charge in [0.2, 0.25) is 5.91 Å². The molecule has 1 aromatic carbocycles. The summed E-state index contributed by atoms with van der Waals surface area (Å²) in [5, 5.41) is 12.6. The fourth-order valence-electron chi connectivity index (χ4n) is 5.02. The van der Waals surface area contributed by atoms with E-state index in [1.54, 1.807) is 0 Å². The van der Waals surface area contributed by atoms with Crippen molar-refractivity contribution in [3.63, 3.8) is 0 Å². The number of carbonyl (C=O) groups excluding carboxylic acids is 1. The highest BCUT2D eigenvalue weighted by molar-refractivity contribution is 6.30. The van der Waals surface area contributed by atoms with Crippen molar-refractivity contribution in [1.82, 2.24) is 20.4 Å². The molecule has 0 unspecified atom stereocenters. The highest BCUT2D eigenvalue weighted by Gasteiger charge is 2.41. The molecule has 32 heavy (non-hydrogen) atoms. The highest BCUT2D eigenvalue weighted by Crippen LogP contribution is 2.41. The normalized spacial score (nSPS) is 26.2. The third kappa shape index (κ3) is 5.20. The second-order valence-electron chi connectivity index (χ2n) is 11.4. The monoisotopic (exact) mass is 456 g/mol. The van der Waals surface area contributed by atoms with Gasteiger partial charge in [0.1, 0.15) is 0 Å². The van der Waals surface area contributed by atoms with Gasteiger partial charge in [0.05, 0.1) is 17.3 Å². The standard InChI is InChI=1S/C26H37ClN4O/c1-25(2,3)31-15-12-21(30-31)20-16-22(29-23(20)17-6-8-18(27)9-7-17)24(32)28-19-10-13-26(4,5)14-11-19/h6-9,12,15,19-20,22-23,29H,10-11,13-14,16H2,1-5H3,(H,28,32)/t20-,22-,23-/m0/s1. The highest BCUT2D eigenvalue weighted by atomic mass is 35.5. The topological polar surface area (TPSA) is 59.0 Å². The molecule has 2 aromatic rings. The van der Waals surface area contributed by atoms with Crippen molar-refractivity contribution in [3.05, 3.63) is 52.8 Å². The lowest BCUT2D eigenvalue weighted by Gasteiger charge is -2.35. The summed E-state index contributed by atoms with van der Waals surface area (Å²) < 4.78 is 2.01. The molecule has 6 heteroatoms. The zero-order valence-electron chi connectivity index (χ0n) is 20.0. The molecule has 174 valence electrons. The second kappa shape index (κ2) is 8.83. The van der Waals surface area contributed by atoms with E-state index in [1.165, 1.54) is 0 Å². The van der Waals surface area contributed by atoms with Crippen molar-refractivity contribution >= 4 is 17.5 Å². The molecule has 1 saturated heterocycles. The third-order valence-corrected chi connectivity index (χ3v) is 7.43. The maximum atomic E-state index is 13.2. The van der Waals surface area contributed by atoms with E-state index in [2.05, 4.69) is 63.5 Å². The molecule has 0 radical (unpaired) electrons. The largest absolute Gasteiger partial charge is 0.352 e. The Labute approximate surface area is 197 Å². The molecule has 0 spiro atoms. The summed E-state index contributed by atoms with van der Waals surface area (Å²) >= 11 is 6.13. The van der Waals surface area contributed by atoms with Gasteiger partial charge in [-0.15, -0.1) is 0 Å². The number of carbonyl (C=O) groups is 1. The van der Waals surface area contributed by atoms with Crippen LogP contribution in [0.5, 0.6) is 0 Å². The van der Waals surface area contributed by atoms with E-state index in [0.717, 1.165) is 48.4 Å². The van der Waals surface area contributed by atoms with Crippen LogP contribution in [-0.4, -0.2) is 27.8 Å². The molecular weight excluding hydrogens is 420 g/mol. The van der Waals surface area contributed by atoms with E-state index in [0.29, 0.717) is 5.41 Å². The van der Waals surface area contributed by atoms with Gasteiger partial charge in [-0.3, -0.25) is 14.8 Å². The van der Waals surface area contributed by atoms with E-state index in [4.69, 9.17) is 16.7 Å². The molecule has 2 N–H and O–H groups in total. The molecule has 3 atom stereocenters. The number of hydrogen-bond acceptors (Lipinski definition) is 3. The van der Waals surface area contributed by atoms with E-state index >= 15 is 0 Å². The van der Waals surface area contributed by atoms with E-state index in [-0.39, 0.29) is 35.5 Å². The van der Waals surface area contributed by atoms with Gasteiger partial charge in [0.15, 0.2) is 0 Å². The first-order chi connectivity index (χ1) is 15.0. The average molecular weight is 457 g/mol. The van der Waals surface area contributed by atoms with Crippen LogP contribution in [0.15, 0.2) is 36.5 Å². The summed E-state index contributed by atoms with van der Waals surface area (Å²) in [5.41, 5.74) is 2.48. The second-order valence-corrected chi connectivity index (χ2v) is 11.8. The van der Waals surface area contributed by atoms with Crippen molar-refractivity contribution in [3.8, 4) is 0 Å². The fourth-order valence-corrected chi connectivity index (χ4v) is 5.14. The SMILES string of the molecule is CC1(C)CCC(NC(=O)[C@@H]2C[C@@H](c3ccn(C(C)(C)C)n3)[C@H](c3ccc(Cl)cc3)N2)CC1. The number of hydrogen-bond donors (Lipinski definition) is 2.